The van der Waals surface area contributed by atoms with Crippen LogP contribution in [0.15, 0.2) is 44.8 Å². The zero-order chi connectivity index (χ0) is 13.8. The quantitative estimate of drug-likeness (QED) is 0.875. The Balaban J connectivity index is 2.15. The van der Waals surface area contributed by atoms with Crippen LogP contribution in [0.3, 0.4) is 0 Å². The van der Waals surface area contributed by atoms with Gasteiger partial charge in [0.15, 0.2) is 0 Å². The minimum Gasteiger partial charge on any atom is -0.481 e. The van der Waals surface area contributed by atoms with E-state index in [0.717, 1.165) is 14.7 Å². The van der Waals surface area contributed by atoms with Crippen LogP contribution in [0, 0.1) is 0 Å². The number of halogens is 1. The first-order chi connectivity index (χ1) is 9.06. The third-order valence-electron chi connectivity index (χ3n) is 2.48. The first kappa shape index (κ1) is 14.4. The molecule has 3 nitrogen and oxygen atoms in total. The normalized spacial score (nSPS) is 12.3. The highest BCUT2D eigenvalue weighted by Crippen LogP contribution is 2.38. The predicted octanol–water partition coefficient (Wildman–Crippen LogP) is 4.03. The Labute approximate surface area is 124 Å². The van der Waals surface area contributed by atoms with E-state index in [9.17, 15) is 4.79 Å². The van der Waals surface area contributed by atoms with Gasteiger partial charge in [0.2, 0.25) is 0 Å². The van der Waals surface area contributed by atoms with Gasteiger partial charge in [0.05, 0.1) is 10.6 Å². The molecule has 0 aliphatic rings. The highest BCUT2D eigenvalue weighted by atomic mass is 35.5. The third-order valence-corrected chi connectivity index (χ3v) is 4.92. The third kappa shape index (κ3) is 3.98. The van der Waals surface area contributed by atoms with Crippen LogP contribution >= 0.6 is 34.7 Å². The molecular weight excluding hydrogens is 302 g/mol. The van der Waals surface area contributed by atoms with Gasteiger partial charge < -0.3 is 10.8 Å². The molecule has 1 aromatic heterocycles. The number of carbonyl (C=O) groups is 1. The first-order valence-corrected chi connectivity index (χ1v) is 7.62. The number of aliphatic carboxylic acids is 1. The van der Waals surface area contributed by atoms with Gasteiger partial charge in [0.25, 0.3) is 0 Å². The highest BCUT2D eigenvalue weighted by molar-refractivity contribution is 8.01. The van der Waals surface area contributed by atoms with Crippen molar-refractivity contribution in [2.24, 2.45) is 5.73 Å². The van der Waals surface area contributed by atoms with E-state index < -0.39 is 12.0 Å². The molecule has 0 aliphatic carbocycles. The van der Waals surface area contributed by atoms with Crippen LogP contribution in [-0.4, -0.2) is 11.1 Å². The topological polar surface area (TPSA) is 63.3 Å². The Hall–Kier alpha value is -1.01. The van der Waals surface area contributed by atoms with E-state index in [1.54, 1.807) is 23.1 Å². The van der Waals surface area contributed by atoms with Crippen LogP contribution in [0.2, 0.25) is 5.02 Å². The fourth-order valence-electron chi connectivity index (χ4n) is 1.57. The summed E-state index contributed by atoms with van der Waals surface area (Å²) >= 11 is 8.97. The second-order valence-corrected chi connectivity index (χ2v) is 6.62. The van der Waals surface area contributed by atoms with Crippen molar-refractivity contribution in [3.63, 3.8) is 0 Å². The van der Waals surface area contributed by atoms with E-state index in [4.69, 9.17) is 22.4 Å². The highest BCUT2D eigenvalue weighted by Gasteiger charge is 2.16. The number of benzene rings is 1. The Morgan fingerprint density at radius 1 is 1.37 bits per heavy atom. The number of thiophene rings is 1. The Morgan fingerprint density at radius 2 is 2.05 bits per heavy atom. The summed E-state index contributed by atoms with van der Waals surface area (Å²) in [5, 5.41) is 11.4. The Bertz CT molecular complexity index is 568. The van der Waals surface area contributed by atoms with E-state index in [-0.39, 0.29) is 6.42 Å². The summed E-state index contributed by atoms with van der Waals surface area (Å²) in [6.07, 6.45) is -0.0646. The van der Waals surface area contributed by atoms with Crippen molar-refractivity contribution in [2.75, 3.05) is 0 Å². The van der Waals surface area contributed by atoms with Crippen molar-refractivity contribution in [1.29, 1.82) is 0 Å². The fraction of sp³-hybridized carbons (Fsp3) is 0.154. The molecule has 0 amide bonds. The number of nitrogens with two attached hydrogens (primary N) is 1. The van der Waals surface area contributed by atoms with E-state index >= 15 is 0 Å². The van der Waals surface area contributed by atoms with Gasteiger partial charge in [0, 0.05) is 16.0 Å². The lowest BCUT2D eigenvalue weighted by Crippen LogP contribution is -2.14. The molecule has 0 spiro atoms. The molecule has 1 atom stereocenters. The van der Waals surface area contributed by atoms with Gasteiger partial charge in [-0.3, -0.25) is 4.79 Å². The van der Waals surface area contributed by atoms with Crippen molar-refractivity contribution >= 4 is 40.7 Å². The second-order valence-electron chi connectivity index (χ2n) is 3.92. The van der Waals surface area contributed by atoms with Crippen molar-refractivity contribution in [3.05, 3.63) is 46.3 Å². The molecule has 0 aliphatic heterocycles. The molecular formula is C13H12ClNO2S2. The average Bonchev–Trinajstić information content (AvgIpc) is 2.79. The summed E-state index contributed by atoms with van der Waals surface area (Å²) in [4.78, 5) is 11.8. The van der Waals surface area contributed by atoms with Crippen LogP contribution in [0.1, 0.15) is 18.0 Å². The molecule has 1 aromatic carbocycles. The number of hydrogen-bond donors (Lipinski definition) is 2. The van der Waals surface area contributed by atoms with Crippen molar-refractivity contribution in [3.8, 4) is 0 Å². The molecule has 1 unspecified atom stereocenters. The van der Waals surface area contributed by atoms with Crippen LogP contribution in [0.4, 0.5) is 0 Å². The van der Waals surface area contributed by atoms with E-state index in [0.29, 0.717) is 5.02 Å². The maximum absolute atomic E-state index is 10.7. The van der Waals surface area contributed by atoms with Gasteiger partial charge in [-0.2, -0.15) is 0 Å². The van der Waals surface area contributed by atoms with Gasteiger partial charge in [-0.05, 0) is 41.3 Å². The van der Waals surface area contributed by atoms with Crippen molar-refractivity contribution < 1.29 is 9.90 Å². The monoisotopic (exact) mass is 313 g/mol. The zero-order valence-corrected chi connectivity index (χ0v) is 12.3. The van der Waals surface area contributed by atoms with Gasteiger partial charge in [0.1, 0.15) is 0 Å². The van der Waals surface area contributed by atoms with E-state index in [2.05, 4.69) is 0 Å². The second kappa shape index (κ2) is 6.43. The SMILES string of the molecule is NC(CC(=O)O)c1ccsc1Sc1ccc(Cl)cc1. The molecule has 100 valence electrons. The summed E-state index contributed by atoms with van der Waals surface area (Å²) in [5.74, 6) is -0.888. The molecule has 19 heavy (non-hydrogen) atoms. The first-order valence-electron chi connectivity index (χ1n) is 5.54. The smallest absolute Gasteiger partial charge is 0.305 e. The Kier molecular flexibility index (Phi) is 4.87. The summed E-state index contributed by atoms with van der Waals surface area (Å²) < 4.78 is 1.02. The fourth-order valence-corrected chi connectivity index (χ4v) is 3.86. The van der Waals surface area contributed by atoms with Crippen LogP contribution < -0.4 is 5.73 Å². The molecule has 0 bridgehead atoms. The predicted molar refractivity (Wildman–Crippen MR) is 79.1 cm³/mol. The minimum atomic E-state index is -0.888. The maximum Gasteiger partial charge on any atom is 0.305 e. The van der Waals surface area contributed by atoms with Crippen molar-refractivity contribution in [1.82, 2.24) is 0 Å². The molecule has 0 fully saturated rings. The van der Waals surface area contributed by atoms with E-state index in [1.807, 2.05) is 35.7 Å². The lowest BCUT2D eigenvalue weighted by molar-refractivity contribution is -0.137. The number of rotatable bonds is 5. The number of carboxylic acids is 1. The number of hydrogen-bond acceptors (Lipinski definition) is 4. The van der Waals surface area contributed by atoms with Crippen LogP contribution in [0.25, 0.3) is 0 Å². The van der Waals surface area contributed by atoms with Crippen LogP contribution in [-0.2, 0) is 4.79 Å². The molecule has 2 rings (SSSR count). The largest absolute Gasteiger partial charge is 0.481 e. The molecule has 6 heteroatoms. The summed E-state index contributed by atoms with van der Waals surface area (Å²) in [7, 11) is 0. The zero-order valence-electron chi connectivity index (χ0n) is 9.88. The van der Waals surface area contributed by atoms with Gasteiger partial charge in [-0.25, -0.2) is 0 Å². The van der Waals surface area contributed by atoms with Gasteiger partial charge in [-0.15, -0.1) is 11.3 Å². The molecule has 1 heterocycles. The summed E-state index contributed by atoms with van der Waals surface area (Å²) in [6.45, 7) is 0. The maximum atomic E-state index is 10.7. The van der Waals surface area contributed by atoms with Gasteiger partial charge in [-0.1, -0.05) is 23.4 Å². The molecule has 0 radical (unpaired) electrons. The molecule has 2 aromatic rings. The molecule has 0 saturated carbocycles. The summed E-state index contributed by atoms with van der Waals surface area (Å²) in [5.41, 5.74) is 6.79. The minimum absolute atomic E-state index is 0.0646. The molecule has 3 N–H and O–H groups in total. The lowest BCUT2D eigenvalue weighted by Gasteiger charge is -2.10. The molecule has 0 saturated heterocycles. The standard InChI is InChI=1S/C13H12ClNO2S2/c14-8-1-3-9(4-2-8)19-13-10(5-6-18-13)11(15)7-12(16)17/h1-6,11H,7,15H2,(H,16,17). The van der Waals surface area contributed by atoms with Crippen molar-refractivity contribution in [2.45, 2.75) is 21.6 Å². The number of carboxylic acid groups (broad SMARTS) is 1. The summed E-state index contributed by atoms with van der Waals surface area (Å²) in [6, 6.07) is 8.93. The van der Waals surface area contributed by atoms with E-state index in [1.165, 1.54) is 0 Å². The Morgan fingerprint density at radius 3 is 2.68 bits per heavy atom. The van der Waals surface area contributed by atoms with Gasteiger partial charge >= 0.3 is 5.97 Å². The average molecular weight is 314 g/mol. The van der Waals surface area contributed by atoms with Crippen LogP contribution in [0.5, 0.6) is 0 Å². The lowest BCUT2D eigenvalue weighted by atomic mass is 10.1.